The van der Waals surface area contributed by atoms with Gasteiger partial charge in [0.05, 0.1) is 0 Å². The van der Waals surface area contributed by atoms with Crippen molar-refractivity contribution in [3.05, 3.63) is 35.9 Å². The lowest BCUT2D eigenvalue weighted by molar-refractivity contribution is -0.135. The third-order valence-electron chi connectivity index (χ3n) is 6.66. The Labute approximate surface area is 152 Å². The van der Waals surface area contributed by atoms with Crippen molar-refractivity contribution in [1.29, 1.82) is 0 Å². The largest absolute Gasteiger partial charge is 0.342 e. The van der Waals surface area contributed by atoms with Crippen LogP contribution < -0.4 is 0 Å². The predicted molar refractivity (Wildman–Crippen MR) is 101 cm³/mol. The van der Waals surface area contributed by atoms with Crippen molar-refractivity contribution in [2.75, 3.05) is 19.6 Å². The number of rotatable bonds is 4. The summed E-state index contributed by atoms with van der Waals surface area (Å²) in [5.41, 5.74) is 1.43. The Morgan fingerprint density at radius 3 is 2.60 bits per heavy atom. The summed E-state index contributed by atoms with van der Waals surface area (Å²) in [5.74, 6) is 1.92. The Balaban J connectivity index is 1.49. The third-order valence-corrected chi connectivity index (χ3v) is 6.66. The first kappa shape index (κ1) is 17.1. The number of likely N-dealkylation sites (tertiary alicyclic amines) is 2. The molecule has 1 aliphatic carbocycles. The van der Waals surface area contributed by atoms with E-state index in [0.29, 0.717) is 17.9 Å². The number of hydrogen-bond donors (Lipinski definition) is 0. The lowest BCUT2D eigenvalue weighted by Gasteiger charge is -2.49. The van der Waals surface area contributed by atoms with Crippen LogP contribution in [0.4, 0.5) is 0 Å². The zero-order chi connectivity index (χ0) is 17.1. The molecule has 3 nitrogen and oxygen atoms in total. The van der Waals surface area contributed by atoms with Crippen molar-refractivity contribution in [2.45, 2.75) is 64.0 Å². The molecule has 3 heteroatoms. The molecular weight excluding hydrogens is 308 g/mol. The van der Waals surface area contributed by atoms with Crippen LogP contribution in [0.3, 0.4) is 0 Å². The van der Waals surface area contributed by atoms with Gasteiger partial charge in [-0.05, 0) is 62.5 Å². The van der Waals surface area contributed by atoms with E-state index in [1.165, 1.54) is 50.6 Å². The van der Waals surface area contributed by atoms with Gasteiger partial charge in [-0.1, -0.05) is 36.8 Å². The Bertz CT molecular complexity index is 571. The molecule has 0 aromatic heterocycles. The van der Waals surface area contributed by atoms with Crippen LogP contribution in [0.25, 0.3) is 0 Å². The van der Waals surface area contributed by atoms with E-state index >= 15 is 0 Å². The van der Waals surface area contributed by atoms with E-state index in [0.717, 1.165) is 38.4 Å². The van der Waals surface area contributed by atoms with Crippen molar-refractivity contribution in [3.8, 4) is 0 Å². The zero-order valence-electron chi connectivity index (χ0n) is 15.4. The molecule has 0 radical (unpaired) electrons. The Morgan fingerprint density at radius 1 is 0.920 bits per heavy atom. The number of fused-ring (bicyclic) bond motifs is 1. The maximum Gasteiger partial charge on any atom is 0.222 e. The van der Waals surface area contributed by atoms with Gasteiger partial charge in [0.1, 0.15) is 0 Å². The van der Waals surface area contributed by atoms with Crippen LogP contribution in [0.5, 0.6) is 0 Å². The number of amides is 1. The quantitative estimate of drug-likeness (QED) is 0.824. The van der Waals surface area contributed by atoms with Crippen molar-refractivity contribution < 1.29 is 4.79 Å². The summed E-state index contributed by atoms with van der Waals surface area (Å²) in [5, 5.41) is 0. The summed E-state index contributed by atoms with van der Waals surface area (Å²) in [6.45, 7) is 4.30. The second kappa shape index (κ2) is 7.90. The Hall–Kier alpha value is -1.35. The average molecular weight is 341 g/mol. The van der Waals surface area contributed by atoms with Crippen LogP contribution in [0.1, 0.15) is 56.9 Å². The van der Waals surface area contributed by atoms with E-state index in [9.17, 15) is 4.79 Å². The maximum atomic E-state index is 12.3. The number of carbonyl (C=O) groups excluding carboxylic acids is 1. The minimum absolute atomic E-state index is 0.402. The van der Waals surface area contributed by atoms with Gasteiger partial charge in [0.15, 0.2) is 0 Å². The van der Waals surface area contributed by atoms with Crippen LogP contribution in [0.2, 0.25) is 0 Å². The molecule has 1 aromatic carbocycles. The monoisotopic (exact) mass is 340 g/mol. The fraction of sp³-hybridized carbons (Fsp3) is 0.682. The van der Waals surface area contributed by atoms with E-state index in [1.807, 2.05) is 0 Å². The molecule has 3 aliphatic rings. The number of carbonyl (C=O) groups is 1. The molecule has 0 N–H and O–H groups in total. The predicted octanol–water partition coefficient (Wildman–Crippen LogP) is 4.08. The van der Waals surface area contributed by atoms with E-state index in [4.69, 9.17) is 0 Å². The molecule has 1 amide bonds. The molecule has 25 heavy (non-hydrogen) atoms. The molecule has 136 valence electrons. The summed E-state index contributed by atoms with van der Waals surface area (Å²) in [4.78, 5) is 17.3. The van der Waals surface area contributed by atoms with Crippen molar-refractivity contribution >= 4 is 5.91 Å². The van der Waals surface area contributed by atoms with Gasteiger partial charge in [0, 0.05) is 32.1 Å². The highest BCUT2D eigenvalue weighted by molar-refractivity contribution is 5.76. The molecule has 3 atom stereocenters. The molecule has 4 rings (SSSR count). The Morgan fingerprint density at radius 2 is 1.76 bits per heavy atom. The number of piperidine rings is 2. The summed E-state index contributed by atoms with van der Waals surface area (Å²) >= 11 is 0. The lowest BCUT2D eigenvalue weighted by Crippen LogP contribution is -2.54. The van der Waals surface area contributed by atoms with Crippen LogP contribution in [0, 0.1) is 11.8 Å². The van der Waals surface area contributed by atoms with E-state index in [1.54, 1.807) is 0 Å². The second-order valence-electron chi connectivity index (χ2n) is 8.34. The number of benzene rings is 1. The van der Waals surface area contributed by atoms with Gasteiger partial charge in [-0.2, -0.15) is 0 Å². The van der Waals surface area contributed by atoms with E-state index in [2.05, 4.69) is 40.1 Å². The van der Waals surface area contributed by atoms with Crippen LogP contribution in [-0.4, -0.2) is 41.4 Å². The first-order valence-electron chi connectivity index (χ1n) is 10.4. The third kappa shape index (κ3) is 3.92. The normalized spacial score (nSPS) is 31.0. The topological polar surface area (TPSA) is 23.6 Å². The second-order valence-corrected chi connectivity index (χ2v) is 8.34. The van der Waals surface area contributed by atoms with Gasteiger partial charge in [0.2, 0.25) is 5.91 Å². The molecule has 1 saturated carbocycles. The molecule has 2 aliphatic heterocycles. The van der Waals surface area contributed by atoms with Crippen molar-refractivity contribution in [1.82, 2.24) is 9.80 Å². The highest BCUT2D eigenvalue weighted by Crippen LogP contribution is 2.40. The maximum absolute atomic E-state index is 12.3. The smallest absolute Gasteiger partial charge is 0.222 e. The highest BCUT2D eigenvalue weighted by Gasteiger charge is 2.40. The number of nitrogens with zero attached hydrogens (tertiary/aromatic N) is 2. The minimum Gasteiger partial charge on any atom is -0.342 e. The summed E-state index contributed by atoms with van der Waals surface area (Å²) < 4.78 is 0. The fourth-order valence-corrected chi connectivity index (χ4v) is 5.53. The molecule has 2 heterocycles. The molecule has 0 bridgehead atoms. The SMILES string of the molecule is O=C1CCCCN1C[C@H]1CCC[C@H]2CCCN(Cc3ccccc3)[C@H]21. The van der Waals surface area contributed by atoms with E-state index in [-0.39, 0.29) is 0 Å². The molecule has 2 saturated heterocycles. The van der Waals surface area contributed by atoms with Gasteiger partial charge in [-0.15, -0.1) is 0 Å². The average Bonchev–Trinajstić information content (AvgIpc) is 2.65. The summed E-state index contributed by atoms with van der Waals surface area (Å²) in [6, 6.07) is 11.6. The summed E-state index contributed by atoms with van der Waals surface area (Å²) in [6.07, 6.45) is 9.83. The first-order valence-corrected chi connectivity index (χ1v) is 10.4. The molecule has 0 unspecified atom stereocenters. The fourth-order valence-electron chi connectivity index (χ4n) is 5.53. The standard InChI is InChI=1S/C22H32N2O/c25-21-13-4-5-14-23(21)17-20-11-6-10-19-12-7-15-24(22(19)20)16-18-8-2-1-3-9-18/h1-3,8-9,19-20,22H,4-7,10-17H2/t19-,20+,22+/m0/s1. The number of hydrogen-bond acceptors (Lipinski definition) is 2. The van der Waals surface area contributed by atoms with Crippen molar-refractivity contribution in [2.24, 2.45) is 11.8 Å². The lowest BCUT2D eigenvalue weighted by atomic mass is 9.71. The first-order chi connectivity index (χ1) is 12.3. The van der Waals surface area contributed by atoms with Crippen LogP contribution in [-0.2, 0) is 11.3 Å². The molecular formula is C22H32N2O. The van der Waals surface area contributed by atoms with Crippen LogP contribution in [0.15, 0.2) is 30.3 Å². The van der Waals surface area contributed by atoms with Gasteiger partial charge in [-0.25, -0.2) is 0 Å². The van der Waals surface area contributed by atoms with Crippen LogP contribution >= 0.6 is 0 Å². The minimum atomic E-state index is 0.402. The molecule has 1 aromatic rings. The van der Waals surface area contributed by atoms with Gasteiger partial charge < -0.3 is 4.90 Å². The summed E-state index contributed by atoms with van der Waals surface area (Å²) in [7, 11) is 0. The van der Waals surface area contributed by atoms with E-state index < -0.39 is 0 Å². The van der Waals surface area contributed by atoms with Gasteiger partial charge >= 0.3 is 0 Å². The van der Waals surface area contributed by atoms with Gasteiger partial charge in [-0.3, -0.25) is 9.69 Å². The van der Waals surface area contributed by atoms with Gasteiger partial charge in [0.25, 0.3) is 0 Å². The molecule has 0 spiro atoms. The Kier molecular flexibility index (Phi) is 5.40. The zero-order valence-corrected chi connectivity index (χ0v) is 15.4. The highest BCUT2D eigenvalue weighted by atomic mass is 16.2. The molecule has 3 fully saturated rings. The van der Waals surface area contributed by atoms with Crippen molar-refractivity contribution in [3.63, 3.8) is 0 Å².